The Balaban J connectivity index is 0.000000411. The molecule has 1 amide bonds. The monoisotopic (exact) mass is 277 g/mol. The molecule has 1 heterocycles. The molecule has 9 nitrogen and oxygen atoms in total. The van der Waals surface area contributed by atoms with Crippen LogP contribution in [0, 0.1) is 16.0 Å². The molecule has 0 bridgehead atoms. The summed E-state index contributed by atoms with van der Waals surface area (Å²) in [6, 6.07) is 0. The first-order valence-corrected chi connectivity index (χ1v) is 5.03. The molecule has 0 aromatic carbocycles. The van der Waals surface area contributed by atoms with Crippen molar-refractivity contribution in [2.45, 2.75) is 13.8 Å². The smallest absolute Gasteiger partial charge is 0.369 e. The molecule has 100 valence electrons. The van der Waals surface area contributed by atoms with Gasteiger partial charge in [0, 0.05) is 5.92 Å². The molecule has 5 N–H and O–H groups in total. The summed E-state index contributed by atoms with van der Waals surface area (Å²) in [7, 11) is 0. The number of hydrogen-bond acceptors (Lipinski definition) is 6. The van der Waals surface area contributed by atoms with Crippen LogP contribution in [-0.2, 0) is 4.79 Å². The van der Waals surface area contributed by atoms with Crippen LogP contribution in [0.1, 0.15) is 13.8 Å². The Morgan fingerprint density at radius 2 is 2.00 bits per heavy atom. The molecule has 0 atom stereocenters. The number of nitrogens with zero attached hydrogens (tertiary/aromatic N) is 2. The Bertz CT molecular complexity index is 513. The molecule has 10 heteroatoms. The number of halogens is 1. The minimum Gasteiger partial charge on any atom is -0.369 e. The average molecular weight is 278 g/mol. The zero-order chi connectivity index (χ0) is 14.5. The minimum absolute atomic E-state index is 0.00926. The van der Waals surface area contributed by atoms with E-state index < -0.39 is 21.3 Å². The van der Waals surface area contributed by atoms with Crippen LogP contribution in [-0.4, -0.2) is 20.8 Å². The maximum Gasteiger partial charge on any atom is 0.370 e. The number of anilines is 1. The second-order valence-corrected chi connectivity index (χ2v) is 3.76. The summed E-state index contributed by atoms with van der Waals surface area (Å²) in [4.78, 5) is 35.2. The number of carbonyl (C=O) groups is 1. The molecule has 1 aromatic rings. The number of aromatic nitrogens is 2. The molecule has 0 radical (unpaired) electrons. The van der Waals surface area contributed by atoms with Crippen molar-refractivity contribution in [3.8, 4) is 0 Å². The van der Waals surface area contributed by atoms with E-state index >= 15 is 0 Å². The second-order valence-electron chi connectivity index (χ2n) is 3.40. The number of H-pyrrole nitrogens is 1. The van der Waals surface area contributed by atoms with Gasteiger partial charge < -0.3 is 11.5 Å². The van der Waals surface area contributed by atoms with Crippen LogP contribution in [0.15, 0.2) is 4.79 Å². The van der Waals surface area contributed by atoms with E-state index in [1.807, 2.05) is 4.98 Å². The van der Waals surface area contributed by atoms with Crippen molar-refractivity contribution in [1.29, 1.82) is 0 Å². The van der Waals surface area contributed by atoms with Gasteiger partial charge in [-0.05, 0) is 0 Å². The summed E-state index contributed by atoms with van der Waals surface area (Å²) in [5.41, 5.74) is 8.09. The van der Waals surface area contributed by atoms with E-state index in [1.54, 1.807) is 13.8 Å². The van der Waals surface area contributed by atoms with Crippen LogP contribution in [0.2, 0.25) is 5.15 Å². The fraction of sp³-hybridized carbons (Fsp3) is 0.375. The highest BCUT2D eigenvalue weighted by atomic mass is 35.5. The number of primary amides is 1. The largest absolute Gasteiger partial charge is 0.370 e. The van der Waals surface area contributed by atoms with Gasteiger partial charge in [-0.1, -0.05) is 25.4 Å². The quantitative estimate of drug-likeness (QED) is 0.393. The predicted molar refractivity (Wildman–Crippen MR) is 65.0 cm³/mol. The van der Waals surface area contributed by atoms with E-state index in [-0.39, 0.29) is 17.8 Å². The molecular weight excluding hydrogens is 266 g/mol. The number of nitrogens with one attached hydrogen (secondary N) is 1. The number of aromatic amines is 1. The third kappa shape index (κ3) is 4.78. The minimum atomic E-state index is -0.961. The van der Waals surface area contributed by atoms with Crippen molar-refractivity contribution in [1.82, 2.24) is 9.97 Å². The number of nitrogen functional groups attached to an aromatic ring is 1. The van der Waals surface area contributed by atoms with Crippen molar-refractivity contribution in [3.63, 3.8) is 0 Å². The van der Waals surface area contributed by atoms with Crippen LogP contribution in [0.5, 0.6) is 0 Å². The van der Waals surface area contributed by atoms with E-state index in [4.69, 9.17) is 23.1 Å². The third-order valence-electron chi connectivity index (χ3n) is 1.62. The Morgan fingerprint density at radius 1 is 1.56 bits per heavy atom. The van der Waals surface area contributed by atoms with Crippen LogP contribution in [0.4, 0.5) is 11.6 Å². The van der Waals surface area contributed by atoms with Crippen molar-refractivity contribution in [2.75, 3.05) is 5.73 Å². The Kier molecular flexibility index (Phi) is 5.76. The molecule has 0 fully saturated rings. The van der Waals surface area contributed by atoms with Gasteiger partial charge in [-0.25, -0.2) is 0 Å². The Labute approximate surface area is 106 Å². The highest BCUT2D eigenvalue weighted by Gasteiger charge is 2.19. The zero-order valence-electron chi connectivity index (χ0n) is 9.64. The average Bonchev–Trinajstić information content (AvgIpc) is 2.15. The van der Waals surface area contributed by atoms with Gasteiger partial charge in [0.15, 0.2) is 0 Å². The summed E-state index contributed by atoms with van der Waals surface area (Å²) < 4.78 is 0. The summed E-state index contributed by atoms with van der Waals surface area (Å²) in [6.07, 6.45) is 0. The number of carbonyl (C=O) groups excluding carboxylic acids is 1. The normalized spacial score (nSPS) is 9.56. The Hall–Kier alpha value is -2.16. The lowest BCUT2D eigenvalue weighted by Crippen LogP contribution is -2.17. The van der Waals surface area contributed by atoms with E-state index in [0.717, 1.165) is 0 Å². The number of amides is 1. The molecule has 0 saturated carbocycles. The van der Waals surface area contributed by atoms with Crippen molar-refractivity contribution >= 4 is 29.1 Å². The zero-order valence-corrected chi connectivity index (χ0v) is 10.4. The van der Waals surface area contributed by atoms with Gasteiger partial charge in [0.05, 0.1) is 4.92 Å². The first-order valence-electron chi connectivity index (χ1n) is 4.65. The summed E-state index contributed by atoms with van der Waals surface area (Å²) >= 11 is 5.28. The van der Waals surface area contributed by atoms with Crippen LogP contribution < -0.4 is 17.0 Å². The summed E-state index contributed by atoms with van der Waals surface area (Å²) in [5, 5.41) is 9.66. The standard InChI is InChI=1S/C4H3ClN4O3.C4H9NO/c5-2-1(9(11)12)3(10)8-4(6)7-2;1-3(2)4(5)6/h(H3,6,7,8,10);3H,1-2H3,(H2,5,6). The maximum absolute atomic E-state index is 10.8. The lowest BCUT2D eigenvalue weighted by molar-refractivity contribution is -0.386. The van der Waals surface area contributed by atoms with E-state index in [1.165, 1.54) is 0 Å². The molecule has 0 aliphatic heterocycles. The molecular formula is C8H12ClN5O4. The van der Waals surface area contributed by atoms with E-state index in [2.05, 4.69) is 4.98 Å². The van der Waals surface area contributed by atoms with E-state index in [9.17, 15) is 19.7 Å². The van der Waals surface area contributed by atoms with Crippen molar-refractivity contribution < 1.29 is 9.72 Å². The molecule has 1 rings (SSSR count). The third-order valence-corrected chi connectivity index (χ3v) is 1.89. The van der Waals surface area contributed by atoms with Gasteiger partial charge in [0.2, 0.25) is 17.0 Å². The summed E-state index contributed by atoms with van der Waals surface area (Å²) in [6.45, 7) is 3.53. The lowest BCUT2D eigenvalue weighted by Gasteiger charge is -1.93. The first kappa shape index (κ1) is 15.8. The Morgan fingerprint density at radius 3 is 2.28 bits per heavy atom. The highest BCUT2D eigenvalue weighted by molar-refractivity contribution is 6.31. The first-order chi connectivity index (χ1) is 8.16. The van der Waals surface area contributed by atoms with Crippen LogP contribution in [0.25, 0.3) is 0 Å². The van der Waals surface area contributed by atoms with Crippen LogP contribution in [0.3, 0.4) is 0 Å². The molecule has 0 aliphatic carbocycles. The number of rotatable bonds is 2. The molecule has 1 aromatic heterocycles. The number of hydrogen-bond donors (Lipinski definition) is 3. The highest BCUT2D eigenvalue weighted by Crippen LogP contribution is 2.15. The summed E-state index contributed by atoms with van der Waals surface area (Å²) in [5.74, 6) is -0.504. The van der Waals surface area contributed by atoms with E-state index in [0.29, 0.717) is 0 Å². The van der Waals surface area contributed by atoms with Gasteiger partial charge in [-0.15, -0.1) is 0 Å². The molecule has 0 unspecified atom stereocenters. The lowest BCUT2D eigenvalue weighted by atomic mass is 10.2. The SMILES string of the molecule is CC(C)C(N)=O.Nc1nc(Cl)c([N+](=O)[O-])c(=O)[nH]1. The van der Waals surface area contributed by atoms with Gasteiger partial charge in [0.1, 0.15) is 0 Å². The molecule has 0 saturated heterocycles. The van der Waals surface area contributed by atoms with Crippen LogP contribution >= 0.6 is 11.6 Å². The topological polar surface area (TPSA) is 158 Å². The number of nitro groups is 1. The molecule has 18 heavy (non-hydrogen) atoms. The van der Waals surface area contributed by atoms with Gasteiger partial charge in [0.25, 0.3) is 0 Å². The number of nitrogens with two attached hydrogens (primary N) is 2. The molecule has 0 aliphatic rings. The fourth-order valence-electron chi connectivity index (χ4n) is 0.614. The van der Waals surface area contributed by atoms with Gasteiger partial charge in [-0.2, -0.15) is 4.98 Å². The fourth-order valence-corrected chi connectivity index (χ4v) is 0.860. The second kappa shape index (κ2) is 6.55. The predicted octanol–water partition coefficient (Wildman–Crippen LogP) is 0.0414. The van der Waals surface area contributed by atoms with Gasteiger partial charge in [-0.3, -0.25) is 24.7 Å². The van der Waals surface area contributed by atoms with Gasteiger partial charge >= 0.3 is 11.2 Å². The maximum atomic E-state index is 10.8. The molecule has 0 spiro atoms. The van der Waals surface area contributed by atoms with Crippen molar-refractivity contribution in [2.24, 2.45) is 11.7 Å². The van der Waals surface area contributed by atoms with Crippen molar-refractivity contribution in [3.05, 3.63) is 25.6 Å².